The van der Waals surface area contributed by atoms with Crippen molar-refractivity contribution in [1.29, 1.82) is 0 Å². The van der Waals surface area contributed by atoms with Crippen molar-refractivity contribution in [2.45, 2.75) is 64.6 Å². The molecule has 5 atom stereocenters. The first kappa shape index (κ1) is 13.6. The first-order chi connectivity index (χ1) is 9.13. The Hall–Kier alpha value is -0.340. The maximum atomic E-state index is 9.73. The third kappa shape index (κ3) is 2.38. The number of fused-ring (bicyclic) bond motifs is 3. The van der Waals surface area contributed by atoms with Crippen LogP contribution in [0.3, 0.4) is 0 Å². The maximum absolute atomic E-state index is 9.73. The van der Waals surface area contributed by atoms with Crippen molar-refractivity contribution >= 4 is 0 Å². The Morgan fingerprint density at radius 3 is 2.74 bits per heavy atom. The van der Waals surface area contributed by atoms with Crippen molar-refractivity contribution in [3.63, 3.8) is 0 Å². The lowest BCUT2D eigenvalue weighted by atomic mass is 9.62. The van der Waals surface area contributed by atoms with Gasteiger partial charge >= 0.3 is 0 Å². The van der Waals surface area contributed by atoms with Crippen LogP contribution in [0.5, 0.6) is 0 Å². The first-order valence-electron chi connectivity index (χ1n) is 8.06. The quantitative estimate of drug-likeness (QED) is 0.773. The van der Waals surface area contributed by atoms with Gasteiger partial charge in [0.05, 0.1) is 18.8 Å². The third-order valence-corrected chi connectivity index (χ3v) is 5.66. The summed E-state index contributed by atoms with van der Waals surface area (Å²) in [5, 5.41) is 9.73. The van der Waals surface area contributed by atoms with Gasteiger partial charge in [0.2, 0.25) is 0 Å². The predicted octanol–water partition coefficient (Wildman–Crippen LogP) is 3.54. The van der Waals surface area contributed by atoms with Gasteiger partial charge in [-0.3, -0.25) is 0 Å². The summed E-state index contributed by atoms with van der Waals surface area (Å²) in [6, 6.07) is 0. The van der Waals surface area contributed by atoms with E-state index in [0.717, 1.165) is 5.92 Å². The van der Waals surface area contributed by atoms with E-state index in [1.54, 1.807) is 0 Å². The van der Waals surface area contributed by atoms with Crippen LogP contribution in [-0.2, 0) is 4.74 Å². The van der Waals surface area contributed by atoms with Crippen molar-refractivity contribution in [1.82, 2.24) is 0 Å². The Labute approximate surface area is 117 Å². The number of aliphatic hydroxyl groups excluding tert-OH is 1. The molecule has 3 aliphatic rings. The van der Waals surface area contributed by atoms with Gasteiger partial charge < -0.3 is 9.84 Å². The second-order valence-corrected chi connectivity index (χ2v) is 7.44. The first-order valence-corrected chi connectivity index (χ1v) is 8.06. The molecule has 2 aliphatic carbocycles. The number of aliphatic hydroxyl groups is 1. The third-order valence-electron chi connectivity index (χ3n) is 5.66. The van der Waals surface area contributed by atoms with E-state index in [0.29, 0.717) is 17.9 Å². The zero-order valence-corrected chi connectivity index (χ0v) is 12.3. The van der Waals surface area contributed by atoms with Crippen LogP contribution in [0, 0.1) is 23.2 Å². The Balaban J connectivity index is 1.88. The molecule has 1 heterocycles. The van der Waals surface area contributed by atoms with Crippen LogP contribution in [0.15, 0.2) is 12.2 Å². The molecule has 19 heavy (non-hydrogen) atoms. The maximum Gasteiger partial charge on any atom is 0.0685 e. The van der Waals surface area contributed by atoms with Crippen molar-refractivity contribution in [3.05, 3.63) is 12.2 Å². The zero-order chi connectivity index (χ0) is 13.5. The molecule has 1 N–H and O–H groups in total. The lowest BCUT2D eigenvalue weighted by molar-refractivity contribution is -0.195. The van der Waals surface area contributed by atoms with Gasteiger partial charge in [0.15, 0.2) is 0 Å². The fraction of sp³-hybridized carbons (Fsp3) is 0.882. The molecule has 0 aromatic carbocycles. The summed E-state index contributed by atoms with van der Waals surface area (Å²) in [7, 11) is 0. The van der Waals surface area contributed by atoms with E-state index in [-0.39, 0.29) is 18.1 Å². The molecule has 0 aromatic heterocycles. The molecule has 0 spiro atoms. The molecule has 0 radical (unpaired) electrons. The van der Waals surface area contributed by atoms with Crippen molar-refractivity contribution in [2.24, 2.45) is 23.2 Å². The monoisotopic (exact) mass is 264 g/mol. The summed E-state index contributed by atoms with van der Waals surface area (Å²) in [5.74, 6) is 2.05. The molecule has 108 valence electrons. The molecule has 1 aliphatic heterocycles. The van der Waals surface area contributed by atoms with Crippen LogP contribution >= 0.6 is 0 Å². The SMILES string of the molecule is CC(C)(CO)[C@H]1O[C@H]2CCCC[C@H]2[C@@H]2C=CCC[C@@H]21. The van der Waals surface area contributed by atoms with Crippen molar-refractivity contribution < 1.29 is 9.84 Å². The van der Waals surface area contributed by atoms with Crippen LogP contribution in [-0.4, -0.2) is 23.9 Å². The summed E-state index contributed by atoms with van der Waals surface area (Å²) in [4.78, 5) is 0. The van der Waals surface area contributed by atoms with E-state index in [4.69, 9.17) is 4.74 Å². The number of hydrogen-bond donors (Lipinski definition) is 1. The van der Waals surface area contributed by atoms with Gasteiger partial charge in [0.25, 0.3) is 0 Å². The average Bonchev–Trinajstić information content (AvgIpc) is 2.46. The van der Waals surface area contributed by atoms with Gasteiger partial charge in [0.1, 0.15) is 0 Å². The summed E-state index contributed by atoms with van der Waals surface area (Å²) in [5.41, 5.74) is -0.115. The van der Waals surface area contributed by atoms with Crippen LogP contribution < -0.4 is 0 Å². The van der Waals surface area contributed by atoms with E-state index in [1.807, 2.05) is 0 Å². The fourth-order valence-electron chi connectivity index (χ4n) is 4.57. The summed E-state index contributed by atoms with van der Waals surface area (Å²) < 4.78 is 6.52. The highest BCUT2D eigenvalue weighted by Crippen LogP contribution is 2.50. The number of allylic oxidation sites excluding steroid dienone is 2. The van der Waals surface area contributed by atoms with Gasteiger partial charge in [-0.15, -0.1) is 0 Å². The molecule has 2 fully saturated rings. The Kier molecular flexibility index (Phi) is 3.74. The van der Waals surface area contributed by atoms with Crippen LogP contribution in [0.4, 0.5) is 0 Å². The van der Waals surface area contributed by atoms with Gasteiger partial charge in [-0.1, -0.05) is 38.8 Å². The number of ether oxygens (including phenoxy) is 1. The van der Waals surface area contributed by atoms with Gasteiger partial charge in [0, 0.05) is 5.41 Å². The second-order valence-electron chi connectivity index (χ2n) is 7.44. The van der Waals surface area contributed by atoms with Gasteiger partial charge in [-0.2, -0.15) is 0 Å². The largest absolute Gasteiger partial charge is 0.396 e. The molecule has 0 unspecified atom stereocenters. The highest BCUT2D eigenvalue weighted by molar-refractivity contribution is 5.08. The van der Waals surface area contributed by atoms with Gasteiger partial charge in [-0.05, 0) is 43.4 Å². The molecule has 0 amide bonds. The van der Waals surface area contributed by atoms with E-state index in [9.17, 15) is 5.11 Å². The molecule has 2 nitrogen and oxygen atoms in total. The van der Waals surface area contributed by atoms with E-state index < -0.39 is 0 Å². The fourth-order valence-corrected chi connectivity index (χ4v) is 4.57. The number of rotatable bonds is 2. The van der Waals surface area contributed by atoms with Crippen molar-refractivity contribution in [2.75, 3.05) is 6.61 Å². The van der Waals surface area contributed by atoms with E-state index >= 15 is 0 Å². The van der Waals surface area contributed by atoms with Crippen molar-refractivity contribution in [3.8, 4) is 0 Å². The summed E-state index contributed by atoms with van der Waals surface area (Å²) in [6.07, 6.45) is 13.2. The highest BCUT2D eigenvalue weighted by Gasteiger charge is 2.49. The highest BCUT2D eigenvalue weighted by atomic mass is 16.5. The van der Waals surface area contributed by atoms with Gasteiger partial charge in [-0.25, -0.2) is 0 Å². The molecule has 2 heteroatoms. The van der Waals surface area contributed by atoms with E-state index in [2.05, 4.69) is 26.0 Å². The van der Waals surface area contributed by atoms with E-state index in [1.165, 1.54) is 38.5 Å². The minimum absolute atomic E-state index is 0.115. The Morgan fingerprint density at radius 2 is 1.95 bits per heavy atom. The molecule has 0 aromatic rings. The molecule has 1 saturated heterocycles. The van der Waals surface area contributed by atoms with Crippen LogP contribution in [0.2, 0.25) is 0 Å². The van der Waals surface area contributed by atoms with Crippen LogP contribution in [0.25, 0.3) is 0 Å². The standard InChI is InChI=1S/C17H28O2/c1-17(2,11-18)16-14-9-4-3-7-12(14)13-8-5-6-10-15(13)19-16/h3,7,12-16,18H,4-6,8-11H2,1-2H3/t12-,13-,14-,15-,16-/m0/s1. The summed E-state index contributed by atoms with van der Waals surface area (Å²) >= 11 is 0. The zero-order valence-electron chi connectivity index (χ0n) is 12.3. The smallest absolute Gasteiger partial charge is 0.0685 e. The molecule has 0 bridgehead atoms. The summed E-state index contributed by atoms with van der Waals surface area (Å²) in [6.45, 7) is 4.55. The minimum atomic E-state index is -0.115. The number of hydrogen-bond acceptors (Lipinski definition) is 2. The normalized spacial score (nSPS) is 42.6. The molecule has 3 rings (SSSR count). The molecule has 1 saturated carbocycles. The Morgan fingerprint density at radius 1 is 1.16 bits per heavy atom. The lowest BCUT2D eigenvalue weighted by Gasteiger charge is -2.53. The average molecular weight is 264 g/mol. The second kappa shape index (κ2) is 5.21. The Bertz CT molecular complexity index is 347. The van der Waals surface area contributed by atoms with Crippen LogP contribution in [0.1, 0.15) is 52.4 Å². The molecular weight excluding hydrogens is 236 g/mol. The predicted molar refractivity (Wildman–Crippen MR) is 76.8 cm³/mol. The minimum Gasteiger partial charge on any atom is -0.396 e. The lowest BCUT2D eigenvalue weighted by Crippen LogP contribution is -2.54. The molecular formula is C17H28O2. The topological polar surface area (TPSA) is 29.5 Å².